The molecule has 13 heavy (non-hydrogen) atoms. The van der Waals surface area contributed by atoms with Crippen LogP contribution in [-0.2, 0) is 0 Å². The Balaban J connectivity index is 1.98. The van der Waals surface area contributed by atoms with Crippen molar-refractivity contribution in [3.05, 3.63) is 0 Å². The quantitative estimate of drug-likeness (QED) is 0.585. The van der Waals surface area contributed by atoms with Crippen molar-refractivity contribution in [2.24, 2.45) is 0 Å². The highest BCUT2D eigenvalue weighted by atomic mass is 16.3. The molecule has 0 aromatic carbocycles. The Labute approximate surface area is 80.9 Å². The van der Waals surface area contributed by atoms with E-state index in [2.05, 4.69) is 10.6 Å². The van der Waals surface area contributed by atoms with E-state index in [0.29, 0.717) is 6.04 Å². The van der Waals surface area contributed by atoms with Gasteiger partial charge in [-0.05, 0) is 38.8 Å². The number of aliphatic hydroxyl groups excluding tert-OH is 1. The molecule has 3 nitrogen and oxygen atoms in total. The Hall–Kier alpha value is -0.120. The van der Waals surface area contributed by atoms with Crippen LogP contribution in [0.2, 0.25) is 0 Å². The SMILES string of the molecule is CCC(O)CCNC1CCCNC1. The monoisotopic (exact) mass is 186 g/mol. The fourth-order valence-corrected chi connectivity index (χ4v) is 1.68. The second-order valence-corrected chi connectivity index (χ2v) is 3.85. The predicted molar refractivity (Wildman–Crippen MR) is 54.8 cm³/mol. The number of nitrogens with one attached hydrogen (secondary N) is 2. The highest BCUT2D eigenvalue weighted by Crippen LogP contribution is 2.02. The Bertz CT molecular complexity index is 124. The Morgan fingerprint density at radius 1 is 1.62 bits per heavy atom. The van der Waals surface area contributed by atoms with Gasteiger partial charge in [0, 0.05) is 12.6 Å². The molecular formula is C10H22N2O. The van der Waals surface area contributed by atoms with Crippen molar-refractivity contribution in [2.45, 2.75) is 44.8 Å². The van der Waals surface area contributed by atoms with Crippen LogP contribution >= 0.6 is 0 Å². The summed E-state index contributed by atoms with van der Waals surface area (Å²) in [5, 5.41) is 16.2. The van der Waals surface area contributed by atoms with Gasteiger partial charge in [-0.1, -0.05) is 6.92 Å². The highest BCUT2D eigenvalue weighted by molar-refractivity contribution is 4.75. The van der Waals surface area contributed by atoms with E-state index in [1.54, 1.807) is 0 Å². The summed E-state index contributed by atoms with van der Waals surface area (Å²) in [6.45, 7) is 5.21. The van der Waals surface area contributed by atoms with Gasteiger partial charge in [-0.2, -0.15) is 0 Å². The molecule has 1 aliphatic rings. The van der Waals surface area contributed by atoms with Crippen molar-refractivity contribution in [2.75, 3.05) is 19.6 Å². The smallest absolute Gasteiger partial charge is 0.0549 e. The number of rotatable bonds is 5. The molecule has 2 atom stereocenters. The molecule has 1 aliphatic heterocycles. The Morgan fingerprint density at radius 3 is 3.08 bits per heavy atom. The first-order chi connectivity index (χ1) is 6.33. The molecule has 3 N–H and O–H groups in total. The van der Waals surface area contributed by atoms with E-state index in [1.165, 1.54) is 12.8 Å². The van der Waals surface area contributed by atoms with Gasteiger partial charge >= 0.3 is 0 Å². The third kappa shape index (κ3) is 4.60. The molecule has 0 bridgehead atoms. The van der Waals surface area contributed by atoms with Crippen molar-refractivity contribution in [1.82, 2.24) is 10.6 Å². The largest absolute Gasteiger partial charge is 0.393 e. The maximum atomic E-state index is 9.33. The lowest BCUT2D eigenvalue weighted by molar-refractivity contribution is 0.157. The molecule has 0 amide bonds. The van der Waals surface area contributed by atoms with Crippen molar-refractivity contribution in [3.8, 4) is 0 Å². The first-order valence-electron chi connectivity index (χ1n) is 5.45. The van der Waals surface area contributed by atoms with E-state index in [4.69, 9.17) is 0 Å². The second kappa shape index (κ2) is 6.35. The lowest BCUT2D eigenvalue weighted by Gasteiger charge is -2.24. The third-order valence-electron chi connectivity index (χ3n) is 2.68. The zero-order valence-corrected chi connectivity index (χ0v) is 8.55. The number of hydrogen-bond acceptors (Lipinski definition) is 3. The average molecular weight is 186 g/mol. The number of hydrogen-bond donors (Lipinski definition) is 3. The summed E-state index contributed by atoms with van der Waals surface area (Å²) >= 11 is 0. The first kappa shape index (κ1) is 11.0. The van der Waals surface area contributed by atoms with Gasteiger partial charge in [-0.3, -0.25) is 0 Å². The minimum Gasteiger partial charge on any atom is -0.393 e. The summed E-state index contributed by atoms with van der Waals surface area (Å²) in [5.41, 5.74) is 0. The summed E-state index contributed by atoms with van der Waals surface area (Å²) in [7, 11) is 0. The highest BCUT2D eigenvalue weighted by Gasteiger charge is 2.11. The zero-order chi connectivity index (χ0) is 9.52. The molecule has 1 rings (SSSR count). The van der Waals surface area contributed by atoms with E-state index in [-0.39, 0.29) is 6.10 Å². The molecule has 1 saturated heterocycles. The summed E-state index contributed by atoms with van der Waals surface area (Å²) < 4.78 is 0. The van der Waals surface area contributed by atoms with Gasteiger partial charge in [0.05, 0.1) is 6.10 Å². The molecule has 0 saturated carbocycles. The molecular weight excluding hydrogens is 164 g/mol. The maximum Gasteiger partial charge on any atom is 0.0549 e. The molecule has 0 aromatic heterocycles. The zero-order valence-electron chi connectivity index (χ0n) is 8.55. The van der Waals surface area contributed by atoms with Gasteiger partial charge in [-0.15, -0.1) is 0 Å². The molecule has 1 fully saturated rings. The van der Waals surface area contributed by atoms with Gasteiger partial charge < -0.3 is 15.7 Å². The summed E-state index contributed by atoms with van der Waals surface area (Å²) in [4.78, 5) is 0. The summed E-state index contributed by atoms with van der Waals surface area (Å²) in [6, 6.07) is 0.623. The van der Waals surface area contributed by atoms with E-state index in [9.17, 15) is 5.11 Å². The van der Waals surface area contributed by atoms with Crippen LogP contribution in [0.25, 0.3) is 0 Å². The first-order valence-corrected chi connectivity index (χ1v) is 5.45. The summed E-state index contributed by atoms with van der Waals surface area (Å²) in [5.74, 6) is 0. The average Bonchev–Trinajstić information content (AvgIpc) is 2.19. The van der Waals surface area contributed by atoms with Gasteiger partial charge in [-0.25, -0.2) is 0 Å². The van der Waals surface area contributed by atoms with Gasteiger partial charge in [0.1, 0.15) is 0 Å². The Morgan fingerprint density at radius 2 is 2.46 bits per heavy atom. The lowest BCUT2D eigenvalue weighted by Crippen LogP contribution is -2.43. The van der Waals surface area contributed by atoms with Crippen molar-refractivity contribution in [3.63, 3.8) is 0 Å². The number of piperidine rings is 1. The third-order valence-corrected chi connectivity index (χ3v) is 2.68. The van der Waals surface area contributed by atoms with Crippen LogP contribution in [0, 0.1) is 0 Å². The van der Waals surface area contributed by atoms with Crippen LogP contribution in [0.1, 0.15) is 32.6 Å². The molecule has 2 unspecified atom stereocenters. The topological polar surface area (TPSA) is 44.3 Å². The maximum absolute atomic E-state index is 9.33. The number of aliphatic hydroxyl groups is 1. The predicted octanol–water partition coefficient (Wildman–Crippen LogP) is 0.489. The van der Waals surface area contributed by atoms with Crippen LogP contribution in [-0.4, -0.2) is 36.9 Å². The Kier molecular flexibility index (Phi) is 5.35. The molecule has 0 spiro atoms. The van der Waals surface area contributed by atoms with Gasteiger partial charge in [0.15, 0.2) is 0 Å². The second-order valence-electron chi connectivity index (χ2n) is 3.85. The molecule has 0 radical (unpaired) electrons. The molecule has 1 heterocycles. The van der Waals surface area contributed by atoms with Crippen molar-refractivity contribution in [1.29, 1.82) is 0 Å². The van der Waals surface area contributed by atoms with Crippen molar-refractivity contribution >= 4 is 0 Å². The van der Waals surface area contributed by atoms with Gasteiger partial charge in [0.2, 0.25) is 0 Å². The van der Waals surface area contributed by atoms with Crippen LogP contribution in [0.3, 0.4) is 0 Å². The molecule has 0 aliphatic carbocycles. The normalized spacial score (nSPS) is 25.8. The van der Waals surface area contributed by atoms with E-state index in [1.807, 2.05) is 6.92 Å². The van der Waals surface area contributed by atoms with Crippen LogP contribution in [0.5, 0.6) is 0 Å². The minimum absolute atomic E-state index is 0.121. The lowest BCUT2D eigenvalue weighted by atomic mass is 10.1. The van der Waals surface area contributed by atoms with Crippen LogP contribution in [0.4, 0.5) is 0 Å². The fraction of sp³-hybridized carbons (Fsp3) is 1.00. The fourth-order valence-electron chi connectivity index (χ4n) is 1.68. The van der Waals surface area contributed by atoms with Crippen molar-refractivity contribution < 1.29 is 5.11 Å². The van der Waals surface area contributed by atoms with E-state index >= 15 is 0 Å². The standard InChI is InChI=1S/C10H22N2O/c1-2-10(13)5-7-12-9-4-3-6-11-8-9/h9-13H,2-8H2,1H3. The van der Waals surface area contributed by atoms with Gasteiger partial charge in [0.25, 0.3) is 0 Å². The molecule has 78 valence electrons. The summed E-state index contributed by atoms with van der Waals surface area (Å²) in [6.07, 6.45) is 4.17. The van der Waals surface area contributed by atoms with E-state index < -0.39 is 0 Å². The van der Waals surface area contributed by atoms with Crippen LogP contribution in [0.15, 0.2) is 0 Å². The van der Waals surface area contributed by atoms with E-state index in [0.717, 1.165) is 32.5 Å². The van der Waals surface area contributed by atoms with Crippen LogP contribution < -0.4 is 10.6 Å². The molecule has 0 aromatic rings. The minimum atomic E-state index is -0.121. The molecule has 3 heteroatoms.